The summed E-state index contributed by atoms with van der Waals surface area (Å²) in [5.41, 5.74) is 0.269. The molecule has 17 heteroatoms. The number of carbonyl (C=O) groups is 2. The minimum Gasteiger partial charge on any atom is -0.496 e. The molecule has 0 spiro atoms. The molecule has 1 fully saturated rings. The van der Waals surface area contributed by atoms with Crippen LogP contribution in [0.1, 0.15) is 54.0 Å². The number of rotatable bonds is 11. The lowest BCUT2D eigenvalue weighted by Gasteiger charge is -2.47. The van der Waals surface area contributed by atoms with Gasteiger partial charge in [-0.25, -0.2) is 4.79 Å². The molecule has 1 aromatic rings. The molecule has 2 aliphatic rings. The summed E-state index contributed by atoms with van der Waals surface area (Å²) in [6.45, 7) is 17.5. The molecule has 3 rings (SSSR count). The van der Waals surface area contributed by atoms with E-state index in [1.165, 1.54) is 12.1 Å². The molecule has 2 aliphatic heterocycles. The van der Waals surface area contributed by atoms with E-state index < -0.39 is 83.1 Å². The highest BCUT2D eigenvalue weighted by Gasteiger charge is 2.57. The summed E-state index contributed by atoms with van der Waals surface area (Å²) in [7, 11) is -6.66. The van der Waals surface area contributed by atoms with E-state index in [4.69, 9.17) is 67.5 Å². The Hall–Kier alpha value is -1.62. The monoisotopic (exact) mass is 773 g/mol. The molecule has 0 radical (unpaired) electrons. The third-order valence-electron chi connectivity index (χ3n) is 8.44. The van der Waals surface area contributed by atoms with Crippen LogP contribution in [0.3, 0.4) is 0 Å². The van der Waals surface area contributed by atoms with Crippen LogP contribution in [-0.2, 0) is 47.6 Å². The Labute approximate surface area is 299 Å². The van der Waals surface area contributed by atoms with Gasteiger partial charge in [0.15, 0.2) is 11.9 Å². The molecule has 2 heterocycles. The summed E-state index contributed by atoms with van der Waals surface area (Å²) in [6.07, 6.45) is -2.91. The predicted octanol–water partition coefficient (Wildman–Crippen LogP) is 6.61. The van der Waals surface area contributed by atoms with Crippen molar-refractivity contribution in [2.45, 2.75) is 118 Å². The van der Waals surface area contributed by atoms with Crippen molar-refractivity contribution < 1.29 is 50.7 Å². The Morgan fingerprint density at radius 2 is 1.69 bits per heavy atom. The smallest absolute Gasteiger partial charge is 0.434 e. The maximum atomic E-state index is 13.8. The van der Waals surface area contributed by atoms with Gasteiger partial charge in [-0.1, -0.05) is 86.4 Å². The van der Waals surface area contributed by atoms with Crippen LogP contribution in [0.4, 0.5) is 4.79 Å². The first-order valence-electron chi connectivity index (χ1n) is 15.4. The number of hydrogen-bond acceptors (Lipinski definition) is 11. The van der Waals surface area contributed by atoms with Gasteiger partial charge in [0.1, 0.15) is 37.2 Å². The molecule has 0 aromatic heterocycles. The molecule has 0 N–H and O–H groups in total. The fourth-order valence-corrected chi connectivity index (χ4v) is 7.89. The van der Waals surface area contributed by atoms with Crippen LogP contribution in [0.5, 0.6) is 0 Å². The van der Waals surface area contributed by atoms with Crippen LogP contribution in [0, 0.1) is 6.92 Å². The first kappa shape index (κ1) is 40.8. The van der Waals surface area contributed by atoms with Gasteiger partial charge in [-0.05, 0) is 50.9 Å². The Bertz CT molecular complexity index is 1440. The maximum absolute atomic E-state index is 13.8. The molecule has 0 aliphatic carbocycles. The highest BCUT2D eigenvalue weighted by Crippen LogP contribution is 2.44. The number of alkyl halides is 3. The summed E-state index contributed by atoms with van der Waals surface area (Å²) in [4.78, 5) is 32.5. The molecule has 1 saturated heterocycles. The Morgan fingerprint density at radius 1 is 1.08 bits per heavy atom. The second-order valence-electron chi connectivity index (χ2n) is 13.7. The van der Waals surface area contributed by atoms with Crippen LogP contribution in [0.15, 0.2) is 41.0 Å². The van der Waals surface area contributed by atoms with Crippen LogP contribution in [-0.4, -0.2) is 93.1 Å². The second kappa shape index (κ2) is 15.3. The minimum absolute atomic E-state index is 0.0862. The number of hydroxylamine groups is 2. The van der Waals surface area contributed by atoms with Gasteiger partial charge in [-0.2, -0.15) is 13.5 Å². The van der Waals surface area contributed by atoms with Crippen molar-refractivity contribution >= 4 is 65.1 Å². The van der Waals surface area contributed by atoms with Gasteiger partial charge in [-0.3, -0.25) is 13.8 Å². The van der Waals surface area contributed by atoms with Crippen molar-refractivity contribution in [2.75, 3.05) is 19.8 Å². The quantitative estimate of drug-likeness (QED) is 0.104. The van der Waals surface area contributed by atoms with E-state index in [2.05, 4.69) is 33.9 Å². The lowest BCUT2D eigenvalue weighted by molar-refractivity contribution is -0.210. The average Bonchev–Trinajstić information content (AvgIpc) is 3.27. The summed E-state index contributed by atoms with van der Waals surface area (Å²) in [6, 6.07) is 4.89. The van der Waals surface area contributed by atoms with Crippen molar-refractivity contribution in [3.63, 3.8) is 0 Å². The molecule has 1 amide bonds. The van der Waals surface area contributed by atoms with E-state index in [-0.39, 0.29) is 16.5 Å². The number of aryl methyl sites for hydroxylation is 1. The number of amides is 1. The van der Waals surface area contributed by atoms with Crippen LogP contribution in [0.25, 0.3) is 0 Å². The number of nitrogens with zero attached hydrogens (tertiary/aromatic N) is 1. The highest BCUT2D eigenvalue weighted by molar-refractivity contribution is 7.86. The fraction of sp³-hybridized carbons (Fsp3) is 0.677. The highest BCUT2D eigenvalue weighted by atomic mass is 35.6. The molecule has 5 atom stereocenters. The summed E-state index contributed by atoms with van der Waals surface area (Å²) >= 11 is 17.7. The maximum Gasteiger partial charge on any atom is 0.434 e. The van der Waals surface area contributed by atoms with Gasteiger partial charge in [0, 0.05) is 6.92 Å². The zero-order valence-corrected chi connectivity index (χ0v) is 33.0. The third kappa shape index (κ3) is 10.2. The molecular weight excluding hydrogens is 729 g/mol. The molecule has 0 bridgehead atoms. The molecule has 272 valence electrons. The Kier molecular flexibility index (Phi) is 13.0. The third-order valence-corrected chi connectivity index (χ3v) is 15.6. The second-order valence-corrected chi connectivity index (χ2v) is 23.3. The standard InChI is InChI=1S/C31H46Cl3NO11SSi/c1-11-40-22-16-24(48(9,10)29(4,5)6)46-35(28(37)41-18-31(32,33)34)25(22)27-26(44-30(7,8)45-27)23(43-20(3)36)17-42-47(38,39)21-14-12-19(2)13-15-21/h12-16,23-27H,11,17-18H2,1-10H3/t23-,24?,25?,26-,27-/m1/s1. The number of hydrogen-bond donors (Lipinski definition) is 0. The first-order valence-corrected chi connectivity index (χ1v) is 21.0. The SMILES string of the molecule is CCOC1=CC([Si](C)(C)C(C)(C)C)ON(C(=O)OCC(Cl)(Cl)Cl)C1[C@H]1OC(C)(C)O[C@@H]1[C@@H](COS(=O)(=O)c1ccc(C)cc1)OC(C)=O. The van der Waals surface area contributed by atoms with E-state index >= 15 is 0 Å². The lowest BCUT2D eigenvalue weighted by atomic mass is 9.98. The van der Waals surface area contributed by atoms with Gasteiger partial charge in [-0.15, -0.1) is 0 Å². The summed E-state index contributed by atoms with van der Waals surface area (Å²) < 4.78 is 59.4. The topological polar surface area (TPSA) is 136 Å². The van der Waals surface area contributed by atoms with E-state index in [0.717, 1.165) is 17.6 Å². The van der Waals surface area contributed by atoms with Gasteiger partial charge < -0.3 is 23.7 Å². The first-order chi connectivity index (χ1) is 21.9. The van der Waals surface area contributed by atoms with E-state index in [9.17, 15) is 18.0 Å². The van der Waals surface area contributed by atoms with Gasteiger partial charge in [0.2, 0.25) is 3.79 Å². The van der Waals surface area contributed by atoms with Gasteiger partial charge in [0.25, 0.3) is 10.1 Å². The van der Waals surface area contributed by atoms with Crippen molar-refractivity contribution in [2.24, 2.45) is 0 Å². The van der Waals surface area contributed by atoms with Crippen LogP contribution >= 0.6 is 34.8 Å². The van der Waals surface area contributed by atoms with Crippen molar-refractivity contribution in [1.29, 1.82) is 0 Å². The van der Waals surface area contributed by atoms with Gasteiger partial charge in [0.05, 0.1) is 25.3 Å². The molecule has 2 unspecified atom stereocenters. The fourth-order valence-electron chi connectivity index (χ4n) is 5.00. The van der Waals surface area contributed by atoms with Gasteiger partial charge >= 0.3 is 12.1 Å². The largest absolute Gasteiger partial charge is 0.496 e. The zero-order valence-electron chi connectivity index (χ0n) is 28.9. The number of esters is 1. The molecule has 0 saturated carbocycles. The number of benzene rings is 1. The molecule has 48 heavy (non-hydrogen) atoms. The molecular formula is C31H46Cl3NO11SSi. The molecule has 12 nitrogen and oxygen atoms in total. The van der Waals surface area contributed by atoms with E-state index in [1.54, 1.807) is 32.9 Å². The summed E-state index contributed by atoms with van der Waals surface area (Å²) in [5.74, 6) is -1.75. The number of ether oxygens (including phenoxy) is 5. The normalized spacial score (nSPS) is 24.1. The van der Waals surface area contributed by atoms with Crippen molar-refractivity contribution in [3.8, 4) is 0 Å². The number of carbonyl (C=O) groups excluding carboxylic acids is 2. The Balaban J connectivity index is 2.11. The number of halogens is 3. The minimum atomic E-state index is -4.28. The van der Waals surface area contributed by atoms with Crippen molar-refractivity contribution in [3.05, 3.63) is 41.7 Å². The molecule has 1 aromatic carbocycles. The predicted molar refractivity (Wildman–Crippen MR) is 183 cm³/mol. The van der Waals surface area contributed by atoms with E-state index in [1.807, 2.05) is 13.0 Å². The van der Waals surface area contributed by atoms with Crippen LogP contribution in [0.2, 0.25) is 18.1 Å². The lowest BCUT2D eigenvalue weighted by Crippen LogP contribution is -2.62. The average molecular weight is 775 g/mol. The van der Waals surface area contributed by atoms with Crippen LogP contribution < -0.4 is 0 Å². The Morgan fingerprint density at radius 3 is 2.21 bits per heavy atom. The van der Waals surface area contributed by atoms with Crippen molar-refractivity contribution in [1.82, 2.24) is 5.06 Å². The van der Waals surface area contributed by atoms with E-state index in [0.29, 0.717) is 5.76 Å². The zero-order chi connectivity index (χ0) is 36.5. The summed E-state index contributed by atoms with van der Waals surface area (Å²) in [5, 5.41) is 0.785.